The average molecular weight is 183 g/mol. The third kappa shape index (κ3) is 11.6. The first-order chi connectivity index (χ1) is 3.42. The maximum absolute atomic E-state index is 10.3. The quantitative estimate of drug-likeness (QED) is 0.531. The molecule has 0 radical (unpaired) electrons. The molecule has 49 valence electrons. The van der Waals surface area contributed by atoms with Crippen molar-refractivity contribution < 1.29 is 33.3 Å². The van der Waals surface area contributed by atoms with Gasteiger partial charge in [-0.25, -0.2) is 0 Å². The van der Waals surface area contributed by atoms with Gasteiger partial charge in [-0.3, -0.25) is 0 Å². The van der Waals surface area contributed by atoms with E-state index in [2.05, 4.69) is 0 Å². The molecule has 0 aliphatic carbocycles. The van der Waals surface area contributed by atoms with Crippen LogP contribution >= 0.6 is 0 Å². The molecule has 0 spiro atoms. The predicted octanol–water partition coefficient (Wildman–Crippen LogP) is 1.35. The first kappa shape index (κ1) is 11.8. The first-order valence-electron chi connectivity index (χ1n) is 2.47. The molecule has 0 fully saturated rings. The van der Waals surface area contributed by atoms with E-state index in [4.69, 9.17) is 4.74 Å². The summed E-state index contributed by atoms with van der Waals surface area (Å²) in [5, 5.41) is 0. The maximum atomic E-state index is 10.3. The van der Waals surface area contributed by atoms with Crippen molar-refractivity contribution in [2.75, 3.05) is 0 Å². The topological polar surface area (TPSA) is 54.8 Å². The van der Waals surface area contributed by atoms with Crippen LogP contribution in [0, 0.1) is 0 Å². The molecule has 0 rings (SSSR count). The van der Waals surface area contributed by atoms with Crippen molar-refractivity contribution >= 4 is 4.56 Å². The van der Waals surface area contributed by atoms with Crippen LogP contribution in [-0.2, 0) is 28.5 Å². The van der Waals surface area contributed by atoms with Crippen LogP contribution in [0.1, 0.15) is 20.8 Å². The molecule has 0 aromatic rings. The monoisotopic (exact) mass is 181 g/mol. The minimum absolute atomic E-state index is 0. The summed E-state index contributed by atoms with van der Waals surface area (Å²) in [6, 6.07) is 0. The molecular formula is C5H9O3Zn. The summed E-state index contributed by atoms with van der Waals surface area (Å²) in [4.78, 5) is 10.3. The number of carbonyl (C=O) groups is 1. The molecule has 3 nitrogen and oxygen atoms in total. The number of rotatable bonds is 0. The largest absolute Gasteiger partial charge is 2.00 e. The molecule has 0 aliphatic rings. The maximum Gasteiger partial charge on any atom is -2.00 e. The molecular weight excluding hydrogens is 173 g/mol. The summed E-state index contributed by atoms with van der Waals surface area (Å²) < 4.78 is 4.75. The molecule has 0 unspecified atom stereocenters. The van der Waals surface area contributed by atoms with Gasteiger partial charge in [-0.1, -0.05) is 0 Å². The molecule has 0 atom stereocenters. The van der Waals surface area contributed by atoms with Gasteiger partial charge in [0.1, 0.15) is 0 Å². The van der Waals surface area contributed by atoms with E-state index in [9.17, 15) is 4.79 Å². The van der Waals surface area contributed by atoms with Crippen LogP contribution in [-0.4, -0.2) is 10.2 Å². The van der Waals surface area contributed by atoms with Crippen molar-refractivity contribution in [1.29, 1.82) is 0 Å². The Hall–Kier alpha value is 0.0534. The summed E-state index contributed by atoms with van der Waals surface area (Å²) in [5.74, 6) is 0. The molecule has 0 aromatic heterocycles. The Kier molecular flexibility index (Phi) is 5.20. The predicted molar refractivity (Wildman–Crippen MR) is 26.9 cm³/mol. The van der Waals surface area contributed by atoms with Crippen LogP contribution in [0.4, 0.5) is 4.79 Å². The fourth-order valence-corrected chi connectivity index (χ4v) is 1.25. The number of carbonyl (C=O) groups excluding carboxylic acids is 1. The first-order valence-corrected chi connectivity index (χ1v) is 3.95. The Morgan fingerprint density at radius 3 is 1.78 bits per heavy atom. The van der Waals surface area contributed by atoms with E-state index in [1.54, 1.807) is 0 Å². The molecule has 0 heterocycles. The van der Waals surface area contributed by atoms with Crippen LogP contribution in [0.5, 0.6) is 0 Å². The summed E-state index contributed by atoms with van der Waals surface area (Å²) >= 11 is 0.581. The molecule has 4 heteroatoms. The van der Waals surface area contributed by atoms with Crippen molar-refractivity contribution in [2.45, 2.75) is 26.4 Å². The fraction of sp³-hybridized carbons (Fsp3) is 0.800. The van der Waals surface area contributed by atoms with Crippen molar-refractivity contribution in [2.24, 2.45) is 0 Å². The zero-order valence-corrected chi connectivity index (χ0v) is 8.90. The van der Waals surface area contributed by atoms with Gasteiger partial charge in [0.05, 0.1) is 0 Å². The van der Waals surface area contributed by atoms with E-state index < -0.39 is 0 Å². The smallest absolute Gasteiger partial charge is 2.00 e. The second-order valence-electron chi connectivity index (χ2n) is 2.59. The number of ether oxygens (including phenoxy) is 1. The van der Waals surface area contributed by atoms with Crippen molar-refractivity contribution in [3.05, 3.63) is 0 Å². The van der Waals surface area contributed by atoms with Gasteiger partial charge in [-0.05, 0) is 0 Å². The summed E-state index contributed by atoms with van der Waals surface area (Å²) in [7, 11) is 0. The van der Waals surface area contributed by atoms with E-state index in [0.29, 0.717) is 18.3 Å². The second kappa shape index (κ2) is 3.96. The normalized spacial score (nSPS) is 9.89. The van der Waals surface area contributed by atoms with Gasteiger partial charge in [0.15, 0.2) is 0 Å². The molecule has 0 saturated heterocycles. The summed E-state index contributed by atoms with van der Waals surface area (Å²) in [5.41, 5.74) is -0.296. The second-order valence-corrected chi connectivity index (χ2v) is 3.80. The zero-order valence-electron chi connectivity index (χ0n) is 5.93. The van der Waals surface area contributed by atoms with E-state index in [1.165, 1.54) is 0 Å². The van der Waals surface area contributed by atoms with Crippen LogP contribution in [0.3, 0.4) is 0 Å². The van der Waals surface area contributed by atoms with Crippen LogP contribution in [0.2, 0.25) is 0 Å². The van der Waals surface area contributed by atoms with Crippen molar-refractivity contribution in [3.8, 4) is 0 Å². The molecule has 0 bridgehead atoms. The Morgan fingerprint density at radius 2 is 1.78 bits per heavy atom. The Morgan fingerprint density at radius 1 is 1.44 bits per heavy atom. The van der Waals surface area contributed by atoms with E-state index in [-0.39, 0.29) is 15.6 Å². The summed E-state index contributed by atoms with van der Waals surface area (Å²) in [6.45, 7) is 5.58. The van der Waals surface area contributed by atoms with Crippen LogP contribution in [0.25, 0.3) is 0 Å². The Bertz CT molecular complexity index is 94.9. The fourth-order valence-electron chi connectivity index (χ4n) is 0.342. The van der Waals surface area contributed by atoms with Gasteiger partial charge in [0, 0.05) is 0 Å². The van der Waals surface area contributed by atoms with E-state index in [0.717, 1.165) is 0 Å². The Balaban J connectivity index is 0. The minimum atomic E-state index is -0.296. The summed E-state index contributed by atoms with van der Waals surface area (Å²) in [6.07, 6.45) is 0. The third-order valence-electron chi connectivity index (χ3n) is 0.420. The van der Waals surface area contributed by atoms with Crippen LogP contribution in [0.15, 0.2) is 0 Å². The molecule has 0 saturated carbocycles. The van der Waals surface area contributed by atoms with Crippen molar-refractivity contribution in [3.63, 3.8) is 0 Å². The average Bonchev–Trinajstić information content (AvgIpc) is 1.21. The third-order valence-corrected chi connectivity index (χ3v) is 0.723. The van der Waals surface area contributed by atoms with E-state index in [1.807, 2.05) is 20.8 Å². The molecule has 9 heavy (non-hydrogen) atoms. The molecule has 0 N–H and O–H groups in total. The van der Waals surface area contributed by atoms with Crippen LogP contribution < -0.4 is 0 Å². The number of hydrogen-bond donors (Lipinski definition) is 0. The van der Waals surface area contributed by atoms with Gasteiger partial charge < -0.3 is 5.48 Å². The standard InChI is InChI=1S/C5H9O2.O.Zn/c1-5(2,3)7-4-6;;/h1-3H3;;/q;-2;+2. The van der Waals surface area contributed by atoms with Gasteiger partial charge >= 0.3 is 58.8 Å². The molecule has 0 amide bonds. The Labute approximate surface area is 64.8 Å². The van der Waals surface area contributed by atoms with Gasteiger partial charge in [0.25, 0.3) is 0 Å². The molecule has 0 aliphatic heterocycles. The van der Waals surface area contributed by atoms with Gasteiger partial charge in [-0.2, -0.15) is 0 Å². The molecule has 0 aromatic carbocycles. The minimum Gasteiger partial charge on any atom is -2.00 e. The number of hydrogen-bond acceptors (Lipinski definition) is 2. The SMILES string of the molecule is CC(C)(C)O[C](=O)[Zn+2].[O-2]. The van der Waals surface area contributed by atoms with Gasteiger partial charge in [-0.15, -0.1) is 0 Å². The van der Waals surface area contributed by atoms with E-state index >= 15 is 0 Å². The zero-order chi connectivity index (χ0) is 6.78. The van der Waals surface area contributed by atoms with Gasteiger partial charge in [0.2, 0.25) is 0 Å². The van der Waals surface area contributed by atoms with Crippen molar-refractivity contribution in [1.82, 2.24) is 0 Å².